The van der Waals surface area contributed by atoms with Gasteiger partial charge in [0.05, 0.1) is 24.4 Å². The summed E-state index contributed by atoms with van der Waals surface area (Å²) in [6.07, 6.45) is 4.26. The largest absolute Gasteiger partial charge is 0.489 e. The number of aliphatic imine (C=N–C) groups is 1. The maximum atomic E-state index is 12.8. The van der Waals surface area contributed by atoms with Crippen molar-refractivity contribution in [2.45, 2.75) is 40.5 Å². The Morgan fingerprint density at radius 1 is 1.05 bits per heavy atom. The van der Waals surface area contributed by atoms with Crippen LogP contribution in [0, 0.1) is 5.41 Å². The van der Waals surface area contributed by atoms with E-state index in [1.165, 1.54) is 6.92 Å². The number of ether oxygens (including phenoxy) is 3. The molecule has 1 aliphatic heterocycles. The Labute approximate surface area is 239 Å². The zero-order valence-electron chi connectivity index (χ0n) is 23.5. The van der Waals surface area contributed by atoms with E-state index in [0.717, 1.165) is 16.8 Å². The number of carbonyl (C=O) groups excluding carboxylic acids is 2. The molecule has 0 saturated heterocycles. The molecule has 1 aromatic heterocycles. The van der Waals surface area contributed by atoms with Gasteiger partial charge in [-0.3, -0.25) is 19.6 Å². The van der Waals surface area contributed by atoms with Gasteiger partial charge in [0.15, 0.2) is 0 Å². The summed E-state index contributed by atoms with van der Waals surface area (Å²) in [4.78, 5) is 33.6. The van der Waals surface area contributed by atoms with E-state index in [9.17, 15) is 9.59 Å². The van der Waals surface area contributed by atoms with Gasteiger partial charge in [0.1, 0.15) is 29.6 Å². The van der Waals surface area contributed by atoms with Crippen molar-refractivity contribution >= 4 is 45.6 Å². The number of allylic oxidation sites excluding steroid dienone is 1. The van der Waals surface area contributed by atoms with Gasteiger partial charge in [-0.15, -0.1) is 0 Å². The van der Waals surface area contributed by atoms with E-state index in [-0.39, 0.29) is 23.5 Å². The van der Waals surface area contributed by atoms with Crippen molar-refractivity contribution < 1.29 is 23.8 Å². The van der Waals surface area contributed by atoms with E-state index in [4.69, 9.17) is 25.8 Å². The minimum absolute atomic E-state index is 0.0320. The summed E-state index contributed by atoms with van der Waals surface area (Å²) in [5, 5.41) is 3.93. The molecule has 0 unspecified atom stereocenters. The third kappa shape index (κ3) is 7.46. The first-order chi connectivity index (χ1) is 19.0. The number of hydrogen-bond donors (Lipinski definition) is 1. The van der Waals surface area contributed by atoms with Crippen molar-refractivity contribution in [1.29, 1.82) is 0 Å². The number of carbonyl (C=O) groups is 2. The highest BCUT2D eigenvalue weighted by Crippen LogP contribution is 2.37. The molecule has 9 heteroatoms. The van der Waals surface area contributed by atoms with Crippen LogP contribution in [-0.2, 0) is 20.7 Å². The highest BCUT2D eigenvalue weighted by molar-refractivity contribution is 6.31. The van der Waals surface area contributed by atoms with Crippen LogP contribution in [-0.4, -0.2) is 49.3 Å². The Kier molecular flexibility index (Phi) is 9.22. The number of hydrogen-bond acceptors (Lipinski definition) is 7. The van der Waals surface area contributed by atoms with Crippen LogP contribution in [0.2, 0.25) is 5.02 Å². The highest BCUT2D eigenvalue weighted by atomic mass is 35.5. The molecule has 8 nitrogen and oxygen atoms in total. The first-order valence-corrected chi connectivity index (χ1v) is 13.5. The van der Waals surface area contributed by atoms with Crippen LogP contribution >= 0.6 is 11.6 Å². The van der Waals surface area contributed by atoms with Gasteiger partial charge in [0.25, 0.3) is 0 Å². The van der Waals surface area contributed by atoms with Crippen LogP contribution in [0.3, 0.4) is 0 Å². The molecule has 2 aromatic carbocycles. The molecule has 40 heavy (non-hydrogen) atoms. The fraction of sp³-hybridized carbons (Fsp3) is 0.355. The molecule has 1 amide bonds. The number of nitrogens with one attached hydrogen (secondary N) is 1. The summed E-state index contributed by atoms with van der Waals surface area (Å²) in [5.74, 6) is 1.38. The van der Waals surface area contributed by atoms with Gasteiger partial charge in [-0.1, -0.05) is 38.4 Å². The number of halogens is 1. The van der Waals surface area contributed by atoms with Crippen molar-refractivity contribution in [1.82, 2.24) is 4.98 Å². The van der Waals surface area contributed by atoms with E-state index in [1.807, 2.05) is 12.1 Å². The second-order valence-electron chi connectivity index (χ2n) is 10.7. The Balaban J connectivity index is 1.49. The lowest BCUT2D eigenvalue weighted by molar-refractivity contribution is -0.118. The third-order valence-corrected chi connectivity index (χ3v) is 6.64. The fourth-order valence-corrected chi connectivity index (χ4v) is 4.54. The van der Waals surface area contributed by atoms with Crippen molar-refractivity contribution in [3.63, 3.8) is 0 Å². The van der Waals surface area contributed by atoms with Gasteiger partial charge in [0, 0.05) is 60.7 Å². The molecule has 0 radical (unpaired) electrons. The Morgan fingerprint density at radius 2 is 1.85 bits per heavy atom. The number of ketones is 1. The topological polar surface area (TPSA) is 99.1 Å². The number of benzene rings is 2. The number of fused-ring (bicyclic) bond motifs is 1. The van der Waals surface area contributed by atoms with E-state index in [0.29, 0.717) is 65.0 Å². The smallest absolute Gasteiger partial charge is 0.221 e. The molecule has 0 atom stereocenters. The molecule has 1 aliphatic rings. The van der Waals surface area contributed by atoms with Gasteiger partial charge in [-0.2, -0.15) is 0 Å². The standard InChI is InChI=1S/C31H34ClN3O5/c1-19(36)35-27-16-24-26(17-29(27)39-11-10-38-5)33-9-8-28(24)40-23-7-6-21(25(32)15-23)14-22(37)12-20-13-30(34-18-20)31(2,3)4/h6-9,13,15-17H,10-12,14,18H2,1-5H3,(H,35,36). The average molecular weight is 564 g/mol. The molecule has 0 bridgehead atoms. The third-order valence-electron chi connectivity index (χ3n) is 6.28. The lowest BCUT2D eigenvalue weighted by Gasteiger charge is -2.16. The second-order valence-corrected chi connectivity index (χ2v) is 11.1. The summed E-state index contributed by atoms with van der Waals surface area (Å²) in [5.41, 5.74) is 3.89. The molecule has 0 aliphatic carbocycles. The summed E-state index contributed by atoms with van der Waals surface area (Å²) in [7, 11) is 1.59. The van der Waals surface area contributed by atoms with Gasteiger partial charge in [-0.05, 0) is 41.5 Å². The highest BCUT2D eigenvalue weighted by Gasteiger charge is 2.22. The van der Waals surface area contributed by atoms with Gasteiger partial charge < -0.3 is 19.5 Å². The summed E-state index contributed by atoms with van der Waals surface area (Å²) in [6, 6.07) is 10.5. The van der Waals surface area contributed by atoms with Crippen LogP contribution in [0.15, 0.2) is 59.2 Å². The number of amides is 1. The quantitative estimate of drug-likeness (QED) is 0.264. The lowest BCUT2D eigenvalue weighted by atomic mass is 9.89. The number of Topliss-reactive ketones (excluding diaryl/α,β-unsaturated/α-hetero) is 1. The molecular formula is C31H34ClN3O5. The number of anilines is 1. The first kappa shape index (κ1) is 29.2. The molecule has 3 aromatic rings. The molecule has 2 heterocycles. The zero-order valence-corrected chi connectivity index (χ0v) is 24.2. The first-order valence-electron chi connectivity index (χ1n) is 13.1. The maximum absolute atomic E-state index is 12.8. The van der Waals surface area contributed by atoms with E-state index in [1.54, 1.807) is 43.6 Å². The minimum atomic E-state index is -0.231. The number of aromatic nitrogens is 1. The van der Waals surface area contributed by atoms with Gasteiger partial charge >= 0.3 is 0 Å². The van der Waals surface area contributed by atoms with Crippen molar-refractivity contribution in [2.24, 2.45) is 10.4 Å². The maximum Gasteiger partial charge on any atom is 0.221 e. The van der Waals surface area contributed by atoms with Crippen molar-refractivity contribution in [3.05, 3.63) is 64.8 Å². The molecule has 210 valence electrons. The van der Waals surface area contributed by atoms with Gasteiger partial charge in [-0.25, -0.2) is 0 Å². The van der Waals surface area contributed by atoms with Crippen LogP contribution in [0.1, 0.15) is 39.7 Å². The van der Waals surface area contributed by atoms with Crippen LogP contribution in [0.25, 0.3) is 10.9 Å². The summed E-state index contributed by atoms with van der Waals surface area (Å²) in [6.45, 7) is 9.07. The normalized spacial score (nSPS) is 13.2. The van der Waals surface area contributed by atoms with E-state index in [2.05, 4.69) is 36.1 Å². The fourth-order valence-electron chi connectivity index (χ4n) is 4.30. The predicted molar refractivity (Wildman–Crippen MR) is 158 cm³/mol. The van der Waals surface area contributed by atoms with Crippen LogP contribution in [0.5, 0.6) is 17.2 Å². The lowest BCUT2D eigenvalue weighted by Crippen LogP contribution is -2.16. The Morgan fingerprint density at radius 3 is 2.52 bits per heavy atom. The van der Waals surface area contributed by atoms with Crippen molar-refractivity contribution in [2.75, 3.05) is 32.2 Å². The summed E-state index contributed by atoms with van der Waals surface area (Å²) >= 11 is 6.57. The number of methoxy groups -OCH3 is 1. The minimum Gasteiger partial charge on any atom is -0.489 e. The van der Waals surface area contributed by atoms with E-state index < -0.39 is 0 Å². The van der Waals surface area contributed by atoms with E-state index >= 15 is 0 Å². The SMILES string of the molecule is COCCOc1cc2nccc(Oc3ccc(CC(=O)CC4=CC(C(C)(C)C)=NC4)c(Cl)c3)c2cc1NC(C)=O. The second kappa shape index (κ2) is 12.6. The molecule has 0 spiro atoms. The predicted octanol–water partition coefficient (Wildman–Crippen LogP) is 6.59. The van der Waals surface area contributed by atoms with Crippen LogP contribution < -0.4 is 14.8 Å². The molecular weight excluding hydrogens is 530 g/mol. The molecule has 0 fully saturated rings. The summed E-state index contributed by atoms with van der Waals surface area (Å²) < 4.78 is 17.0. The monoisotopic (exact) mass is 563 g/mol. The molecule has 4 rings (SSSR count). The van der Waals surface area contributed by atoms with Gasteiger partial charge in [0.2, 0.25) is 5.91 Å². The van der Waals surface area contributed by atoms with Crippen molar-refractivity contribution in [3.8, 4) is 17.2 Å². The molecule has 0 saturated carbocycles. The zero-order chi connectivity index (χ0) is 28.9. The molecule has 1 N–H and O–H groups in total. The van der Waals surface area contributed by atoms with Crippen LogP contribution in [0.4, 0.5) is 5.69 Å². The number of nitrogens with zero attached hydrogens (tertiary/aromatic N) is 2. The number of pyridine rings is 1. The Hall–Kier alpha value is -3.75. The average Bonchev–Trinajstić information content (AvgIpc) is 3.35. The Bertz CT molecular complexity index is 1490. The number of rotatable bonds is 11.